The van der Waals surface area contributed by atoms with Crippen molar-refractivity contribution in [2.24, 2.45) is 0 Å². The number of amides is 1. The fourth-order valence-corrected chi connectivity index (χ4v) is 4.92. The van der Waals surface area contributed by atoms with Crippen LogP contribution in [-0.2, 0) is 6.54 Å². The molecule has 0 N–H and O–H groups in total. The first-order chi connectivity index (χ1) is 13.6. The predicted molar refractivity (Wildman–Crippen MR) is 111 cm³/mol. The molecule has 3 aromatic rings. The first kappa shape index (κ1) is 18.9. The summed E-state index contributed by atoms with van der Waals surface area (Å²) in [5.74, 6) is 0.548. The lowest BCUT2D eigenvalue weighted by Gasteiger charge is -2.34. The van der Waals surface area contributed by atoms with Gasteiger partial charge in [-0.05, 0) is 42.1 Å². The number of piperazine rings is 1. The number of ether oxygens (including phenoxy) is 1. The summed E-state index contributed by atoms with van der Waals surface area (Å²) in [7, 11) is 1.60. The van der Waals surface area contributed by atoms with Gasteiger partial charge in [0.25, 0.3) is 5.91 Å². The number of thiophene rings is 1. The molecule has 146 valence electrons. The molecule has 0 unspecified atom stereocenters. The third-order valence-corrected chi connectivity index (χ3v) is 6.59. The van der Waals surface area contributed by atoms with Crippen LogP contribution in [0, 0.1) is 12.7 Å². The van der Waals surface area contributed by atoms with E-state index in [1.165, 1.54) is 12.1 Å². The number of fused-ring (bicyclic) bond motifs is 1. The van der Waals surface area contributed by atoms with Gasteiger partial charge in [-0.3, -0.25) is 9.69 Å². The van der Waals surface area contributed by atoms with E-state index in [-0.39, 0.29) is 11.7 Å². The zero-order valence-corrected chi connectivity index (χ0v) is 16.9. The maximum Gasteiger partial charge on any atom is 0.264 e. The van der Waals surface area contributed by atoms with E-state index < -0.39 is 0 Å². The summed E-state index contributed by atoms with van der Waals surface area (Å²) in [4.78, 5) is 18.0. The lowest BCUT2D eigenvalue weighted by Crippen LogP contribution is -2.48. The van der Waals surface area contributed by atoms with Crippen molar-refractivity contribution in [3.63, 3.8) is 0 Å². The van der Waals surface area contributed by atoms with Gasteiger partial charge in [0.2, 0.25) is 0 Å². The third-order valence-electron chi connectivity index (χ3n) is 5.33. The average molecular weight is 399 g/mol. The molecule has 6 heteroatoms. The van der Waals surface area contributed by atoms with Gasteiger partial charge in [0, 0.05) is 43.0 Å². The number of carbonyl (C=O) groups is 1. The Morgan fingerprint density at radius 2 is 1.89 bits per heavy atom. The highest BCUT2D eigenvalue weighted by atomic mass is 32.1. The zero-order valence-electron chi connectivity index (χ0n) is 16.1. The Morgan fingerprint density at radius 3 is 2.61 bits per heavy atom. The van der Waals surface area contributed by atoms with Gasteiger partial charge in [-0.1, -0.05) is 18.2 Å². The Hall–Kier alpha value is -2.44. The van der Waals surface area contributed by atoms with Gasteiger partial charge in [-0.15, -0.1) is 11.3 Å². The maximum absolute atomic E-state index is 13.6. The van der Waals surface area contributed by atoms with Crippen LogP contribution < -0.4 is 4.74 Å². The fraction of sp³-hybridized carbons (Fsp3) is 0.318. The summed E-state index contributed by atoms with van der Waals surface area (Å²) < 4.78 is 20.1. The largest absolute Gasteiger partial charge is 0.496 e. The van der Waals surface area contributed by atoms with Gasteiger partial charge < -0.3 is 9.64 Å². The maximum atomic E-state index is 13.6. The first-order valence-corrected chi connectivity index (χ1v) is 10.2. The number of methoxy groups -OCH3 is 1. The van der Waals surface area contributed by atoms with E-state index in [1.807, 2.05) is 24.0 Å². The molecule has 0 aliphatic carbocycles. The lowest BCUT2D eigenvalue weighted by molar-refractivity contribution is 0.0631. The van der Waals surface area contributed by atoms with Crippen LogP contribution in [0.2, 0.25) is 0 Å². The van der Waals surface area contributed by atoms with E-state index in [9.17, 15) is 9.18 Å². The zero-order chi connectivity index (χ0) is 19.7. The molecular formula is C22H23FN2O2S. The van der Waals surface area contributed by atoms with E-state index in [1.54, 1.807) is 24.5 Å². The van der Waals surface area contributed by atoms with Crippen LogP contribution in [0.25, 0.3) is 10.1 Å². The van der Waals surface area contributed by atoms with E-state index in [4.69, 9.17) is 4.74 Å². The quantitative estimate of drug-likeness (QED) is 0.656. The normalized spacial score (nSPS) is 15.2. The van der Waals surface area contributed by atoms with Crippen LogP contribution >= 0.6 is 11.3 Å². The van der Waals surface area contributed by atoms with Gasteiger partial charge in [-0.2, -0.15) is 0 Å². The molecule has 28 heavy (non-hydrogen) atoms. The molecule has 0 spiro atoms. The number of benzene rings is 2. The number of hydrogen-bond acceptors (Lipinski definition) is 4. The number of halogens is 1. The van der Waals surface area contributed by atoms with Gasteiger partial charge in [0.15, 0.2) is 0 Å². The van der Waals surface area contributed by atoms with Crippen LogP contribution in [0.5, 0.6) is 5.75 Å². The SMILES string of the molecule is COc1ccc(F)cc1CN1CCN(C(=O)c2sc3ccccc3c2C)CC1. The summed E-state index contributed by atoms with van der Waals surface area (Å²) in [6.45, 7) is 5.50. The van der Waals surface area contributed by atoms with Crippen LogP contribution in [0.3, 0.4) is 0 Å². The fourth-order valence-electron chi connectivity index (χ4n) is 3.74. The molecule has 1 aromatic heterocycles. The van der Waals surface area contributed by atoms with E-state index in [2.05, 4.69) is 17.0 Å². The van der Waals surface area contributed by atoms with Gasteiger partial charge in [0.1, 0.15) is 11.6 Å². The van der Waals surface area contributed by atoms with Crippen molar-refractivity contribution in [2.45, 2.75) is 13.5 Å². The van der Waals surface area contributed by atoms with Crippen molar-refractivity contribution < 1.29 is 13.9 Å². The molecule has 1 saturated heterocycles. The van der Waals surface area contributed by atoms with Crippen LogP contribution in [0.1, 0.15) is 20.8 Å². The average Bonchev–Trinajstić information content (AvgIpc) is 3.05. The monoisotopic (exact) mass is 398 g/mol. The predicted octanol–water partition coefficient (Wildman–Crippen LogP) is 4.32. The van der Waals surface area contributed by atoms with Gasteiger partial charge in [-0.25, -0.2) is 4.39 Å². The summed E-state index contributed by atoms with van der Waals surface area (Å²) >= 11 is 1.57. The highest BCUT2D eigenvalue weighted by Crippen LogP contribution is 2.31. The van der Waals surface area contributed by atoms with Gasteiger partial charge >= 0.3 is 0 Å². The molecule has 4 rings (SSSR count). The molecule has 1 amide bonds. The Morgan fingerprint density at radius 1 is 1.14 bits per heavy atom. The first-order valence-electron chi connectivity index (χ1n) is 9.39. The van der Waals surface area contributed by atoms with Crippen molar-refractivity contribution in [1.82, 2.24) is 9.80 Å². The number of nitrogens with zero attached hydrogens (tertiary/aromatic N) is 2. The summed E-state index contributed by atoms with van der Waals surface area (Å²) in [6.07, 6.45) is 0. The highest BCUT2D eigenvalue weighted by Gasteiger charge is 2.25. The number of hydrogen-bond donors (Lipinski definition) is 0. The second-order valence-electron chi connectivity index (χ2n) is 7.08. The molecule has 2 aromatic carbocycles. The molecule has 1 aliphatic heterocycles. The Kier molecular flexibility index (Phi) is 5.33. The van der Waals surface area contributed by atoms with E-state index >= 15 is 0 Å². The summed E-state index contributed by atoms with van der Waals surface area (Å²) in [6, 6.07) is 12.7. The lowest BCUT2D eigenvalue weighted by atomic mass is 10.1. The smallest absolute Gasteiger partial charge is 0.264 e. The Bertz CT molecular complexity index is 1010. The summed E-state index contributed by atoms with van der Waals surface area (Å²) in [5, 5.41) is 1.16. The molecule has 1 aliphatic rings. The van der Waals surface area contributed by atoms with Crippen molar-refractivity contribution in [2.75, 3.05) is 33.3 Å². The highest BCUT2D eigenvalue weighted by molar-refractivity contribution is 7.21. The topological polar surface area (TPSA) is 32.8 Å². The molecule has 0 bridgehead atoms. The van der Waals surface area contributed by atoms with Crippen LogP contribution in [-0.4, -0.2) is 49.0 Å². The van der Waals surface area contributed by atoms with Gasteiger partial charge in [0.05, 0.1) is 12.0 Å². The van der Waals surface area contributed by atoms with Crippen molar-refractivity contribution in [3.8, 4) is 5.75 Å². The Balaban J connectivity index is 1.43. The number of rotatable bonds is 4. The summed E-state index contributed by atoms with van der Waals surface area (Å²) in [5.41, 5.74) is 1.90. The minimum absolute atomic E-state index is 0.113. The third kappa shape index (κ3) is 3.62. The standard InChI is InChI=1S/C22H23FN2O2S/c1-15-18-5-3-4-6-20(18)28-21(15)22(26)25-11-9-24(10-12-25)14-16-13-17(23)7-8-19(16)27-2/h3-8,13H,9-12,14H2,1-2H3. The minimum atomic E-state index is -0.259. The van der Waals surface area contributed by atoms with Crippen molar-refractivity contribution in [3.05, 3.63) is 64.3 Å². The molecule has 2 heterocycles. The minimum Gasteiger partial charge on any atom is -0.496 e. The molecule has 1 fully saturated rings. The van der Waals surface area contributed by atoms with E-state index in [0.29, 0.717) is 25.4 Å². The van der Waals surface area contributed by atoms with Crippen molar-refractivity contribution in [1.29, 1.82) is 0 Å². The second-order valence-corrected chi connectivity index (χ2v) is 8.13. The molecule has 0 radical (unpaired) electrons. The molecule has 4 nitrogen and oxygen atoms in total. The molecular weight excluding hydrogens is 375 g/mol. The van der Waals surface area contributed by atoms with Crippen LogP contribution in [0.4, 0.5) is 4.39 Å². The van der Waals surface area contributed by atoms with Crippen molar-refractivity contribution >= 4 is 27.3 Å². The second kappa shape index (κ2) is 7.89. The molecule has 0 saturated carbocycles. The number of carbonyl (C=O) groups excluding carboxylic acids is 1. The van der Waals surface area contributed by atoms with E-state index in [0.717, 1.165) is 39.2 Å². The van der Waals surface area contributed by atoms with Crippen LogP contribution in [0.15, 0.2) is 42.5 Å². The number of aryl methyl sites for hydroxylation is 1. The Labute approximate surface area is 168 Å². The molecule has 0 atom stereocenters.